The zero-order valence-electron chi connectivity index (χ0n) is 12.5. The number of hydrogen-bond donors (Lipinski definition) is 1. The van der Waals surface area contributed by atoms with Gasteiger partial charge in [-0.25, -0.2) is 4.68 Å². The molecule has 0 saturated heterocycles. The Bertz CT molecular complexity index is 533. The van der Waals surface area contributed by atoms with Crippen molar-refractivity contribution in [3.8, 4) is 0 Å². The second kappa shape index (κ2) is 6.95. The molecule has 0 bridgehead atoms. The Kier molecular flexibility index (Phi) is 4.99. The summed E-state index contributed by atoms with van der Waals surface area (Å²) in [5, 5.41) is 7.60. The van der Waals surface area contributed by atoms with Crippen molar-refractivity contribution in [2.24, 2.45) is 11.8 Å². The Hall–Kier alpha value is -0.840. The third-order valence-electron chi connectivity index (χ3n) is 4.98. The predicted octanol–water partition coefficient (Wildman–Crippen LogP) is 3.80. The van der Waals surface area contributed by atoms with Crippen LogP contribution < -0.4 is 10.9 Å². The van der Waals surface area contributed by atoms with E-state index in [9.17, 15) is 4.79 Å². The van der Waals surface area contributed by atoms with Crippen molar-refractivity contribution in [2.75, 3.05) is 11.9 Å². The lowest BCUT2D eigenvalue weighted by Gasteiger charge is -2.25. The van der Waals surface area contributed by atoms with Crippen molar-refractivity contribution in [1.29, 1.82) is 0 Å². The smallest absolute Gasteiger partial charge is 0.291 e. The van der Waals surface area contributed by atoms with E-state index in [0.29, 0.717) is 11.6 Å². The van der Waals surface area contributed by atoms with Gasteiger partial charge in [-0.05, 0) is 47.0 Å². The fraction of sp³-hybridized carbons (Fsp3) is 0.750. The molecular formula is C16H24BrN3O. The largest absolute Gasteiger partial charge is 0.380 e. The molecule has 1 heterocycles. The molecule has 3 rings (SSSR count). The average molecular weight is 354 g/mol. The first-order valence-corrected chi connectivity index (χ1v) is 9.03. The highest BCUT2D eigenvalue weighted by molar-refractivity contribution is 9.10. The number of hydrogen-bond acceptors (Lipinski definition) is 3. The van der Waals surface area contributed by atoms with Crippen molar-refractivity contribution in [3.05, 3.63) is 21.0 Å². The maximum Gasteiger partial charge on any atom is 0.291 e. The standard InChI is InChI=1S/C16H24BrN3O/c17-14-10-19-20(11-13-6-3-7-13)16(21)15(14)18-9-8-12-4-1-2-5-12/h10,12-13,18H,1-9,11H2. The van der Waals surface area contributed by atoms with Crippen LogP contribution in [0.3, 0.4) is 0 Å². The predicted molar refractivity (Wildman–Crippen MR) is 88.6 cm³/mol. The molecule has 1 N–H and O–H groups in total. The van der Waals surface area contributed by atoms with Crippen molar-refractivity contribution in [1.82, 2.24) is 9.78 Å². The SMILES string of the molecule is O=c1c(NCCC2CCCC2)c(Br)cnn1CC1CCC1. The van der Waals surface area contributed by atoms with E-state index in [1.54, 1.807) is 10.9 Å². The van der Waals surface area contributed by atoms with E-state index in [2.05, 4.69) is 26.3 Å². The molecule has 2 aliphatic rings. The molecular weight excluding hydrogens is 330 g/mol. The summed E-state index contributed by atoms with van der Waals surface area (Å²) in [4.78, 5) is 12.5. The van der Waals surface area contributed by atoms with Gasteiger partial charge in [0, 0.05) is 13.1 Å². The van der Waals surface area contributed by atoms with Gasteiger partial charge >= 0.3 is 0 Å². The molecule has 1 aromatic rings. The molecule has 21 heavy (non-hydrogen) atoms. The molecule has 2 aliphatic carbocycles. The molecule has 0 aliphatic heterocycles. The Morgan fingerprint density at radius 1 is 1.19 bits per heavy atom. The van der Waals surface area contributed by atoms with Crippen LogP contribution in [0.4, 0.5) is 5.69 Å². The highest BCUT2D eigenvalue weighted by Gasteiger charge is 2.20. The van der Waals surface area contributed by atoms with Crippen LogP contribution in [0.2, 0.25) is 0 Å². The molecule has 0 aromatic carbocycles. The molecule has 1 aromatic heterocycles. The minimum Gasteiger partial charge on any atom is -0.380 e. The molecule has 5 heteroatoms. The summed E-state index contributed by atoms with van der Waals surface area (Å²) in [5.41, 5.74) is 0.699. The van der Waals surface area contributed by atoms with Crippen LogP contribution in [0.25, 0.3) is 0 Å². The van der Waals surface area contributed by atoms with Crippen LogP contribution in [0.1, 0.15) is 51.4 Å². The summed E-state index contributed by atoms with van der Waals surface area (Å²) in [6.45, 7) is 1.65. The van der Waals surface area contributed by atoms with Crippen LogP contribution in [-0.4, -0.2) is 16.3 Å². The number of rotatable bonds is 6. The number of halogens is 1. The van der Waals surface area contributed by atoms with E-state index in [1.807, 2.05) is 0 Å². The van der Waals surface area contributed by atoms with Crippen molar-refractivity contribution >= 4 is 21.6 Å². The van der Waals surface area contributed by atoms with E-state index < -0.39 is 0 Å². The van der Waals surface area contributed by atoms with Gasteiger partial charge in [0.25, 0.3) is 5.56 Å². The van der Waals surface area contributed by atoms with Crippen LogP contribution in [0, 0.1) is 11.8 Å². The van der Waals surface area contributed by atoms with Gasteiger partial charge in [-0.15, -0.1) is 0 Å². The summed E-state index contributed by atoms with van der Waals surface area (Å²) >= 11 is 3.45. The fourth-order valence-corrected chi connectivity index (χ4v) is 3.78. The van der Waals surface area contributed by atoms with Crippen molar-refractivity contribution < 1.29 is 0 Å². The second-order valence-corrected chi connectivity index (χ2v) is 7.37. The normalized spacial score (nSPS) is 19.7. The van der Waals surface area contributed by atoms with Crippen molar-refractivity contribution in [2.45, 2.75) is 57.9 Å². The van der Waals surface area contributed by atoms with E-state index in [0.717, 1.165) is 29.9 Å². The summed E-state index contributed by atoms with van der Waals surface area (Å²) in [6, 6.07) is 0. The van der Waals surface area contributed by atoms with Gasteiger partial charge in [0.15, 0.2) is 0 Å². The van der Waals surface area contributed by atoms with Crippen molar-refractivity contribution in [3.63, 3.8) is 0 Å². The minimum absolute atomic E-state index is 0.0164. The Balaban J connectivity index is 1.62. The molecule has 0 spiro atoms. The summed E-state index contributed by atoms with van der Waals surface area (Å²) in [5.74, 6) is 1.48. The zero-order valence-corrected chi connectivity index (χ0v) is 14.1. The van der Waals surface area contributed by atoms with E-state index >= 15 is 0 Å². The van der Waals surface area contributed by atoms with Gasteiger partial charge in [-0.3, -0.25) is 4.79 Å². The summed E-state index contributed by atoms with van der Waals surface area (Å²) in [6.07, 6.45) is 12.1. The van der Waals surface area contributed by atoms with E-state index in [1.165, 1.54) is 44.9 Å². The fourth-order valence-electron chi connectivity index (χ4n) is 3.38. The van der Waals surface area contributed by atoms with Gasteiger partial charge in [0.05, 0.1) is 10.7 Å². The first-order chi connectivity index (χ1) is 10.2. The summed E-state index contributed by atoms with van der Waals surface area (Å²) < 4.78 is 2.41. The van der Waals surface area contributed by atoms with Gasteiger partial charge < -0.3 is 5.32 Å². The number of aromatic nitrogens is 2. The second-order valence-electron chi connectivity index (χ2n) is 6.52. The van der Waals surface area contributed by atoms with Crippen LogP contribution in [0.15, 0.2) is 15.5 Å². The van der Waals surface area contributed by atoms with E-state index in [4.69, 9.17) is 0 Å². The monoisotopic (exact) mass is 353 g/mol. The lowest BCUT2D eigenvalue weighted by Crippen LogP contribution is -2.31. The molecule has 4 nitrogen and oxygen atoms in total. The Morgan fingerprint density at radius 2 is 1.90 bits per heavy atom. The molecule has 0 atom stereocenters. The minimum atomic E-state index is 0.0164. The van der Waals surface area contributed by atoms with E-state index in [-0.39, 0.29) is 5.56 Å². The molecule has 2 fully saturated rings. The number of anilines is 1. The molecule has 116 valence electrons. The maximum atomic E-state index is 12.5. The van der Waals surface area contributed by atoms with Gasteiger partial charge in [-0.2, -0.15) is 5.10 Å². The topological polar surface area (TPSA) is 46.9 Å². The highest BCUT2D eigenvalue weighted by Crippen LogP contribution is 2.28. The number of nitrogens with zero attached hydrogens (tertiary/aromatic N) is 2. The van der Waals surface area contributed by atoms with Gasteiger partial charge in [0.1, 0.15) is 5.69 Å². The average Bonchev–Trinajstić information content (AvgIpc) is 2.93. The highest BCUT2D eigenvalue weighted by atomic mass is 79.9. The molecule has 2 saturated carbocycles. The third-order valence-corrected chi connectivity index (χ3v) is 5.58. The quantitative estimate of drug-likeness (QED) is 0.845. The van der Waals surface area contributed by atoms with Gasteiger partial charge in [0.2, 0.25) is 0 Å². The molecule has 0 radical (unpaired) electrons. The Labute approximate surface area is 134 Å². The molecule has 0 unspecified atom stereocenters. The van der Waals surface area contributed by atoms with Crippen LogP contribution in [-0.2, 0) is 6.54 Å². The molecule has 0 amide bonds. The van der Waals surface area contributed by atoms with Crippen LogP contribution in [0.5, 0.6) is 0 Å². The third kappa shape index (κ3) is 3.68. The first-order valence-electron chi connectivity index (χ1n) is 8.23. The summed E-state index contributed by atoms with van der Waals surface area (Å²) in [7, 11) is 0. The Morgan fingerprint density at radius 3 is 2.57 bits per heavy atom. The van der Waals surface area contributed by atoms with Gasteiger partial charge in [-0.1, -0.05) is 32.1 Å². The lowest BCUT2D eigenvalue weighted by atomic mass is 9.85. The lowest BCUT2D eigenvalue weighted by molar-refractivity contribution is 0.262. The zero-order chi connectivity index (χ0) is 14.7. The maximum absolute atomic E-state index is 12.5. The number of nitrogens with one attached hydrogen (secondary N) is 1. The first kappa shape index (κ1) is 15.1. The van der Waals surface area contributed by atoms with Crippen LogP contribution >= 0.6 is 15.9 Å².